The molecule has 0 spiro atoms. The monoisotopic (exact) mass is 606 g/mol. The predicted molar refractivity (Wildman–Crippen MR) is 151 cm³/mol. The third-order valence-electron chi connectivity index (χ3n) is 9.46. The fraction of sp³-hybridized carbons (Fsp3) is 1.00. The van der Waals surface area contributed by atoms with Crippen LogP contribution < -0.4 is 34.0 Å². The van der Waals surface area contributed by atoms with Crippen molar-refractivity contribution in [2.75, 3.05) is 26.2 Å². The standard InChI is InChI=1S/C27H54N6O9/c28-8-15(35)2-1-13-7-17(31)25(23(38)24(13)41-27-22(37)20(32)21(36)19(11-34)40-27)42-26-18(4-3-16(9-29)39-26)33-10-12-5-14(30)6-12/h12-27,33-38H,1-11,28-32H2/t12?,13-,14?,15?,16+,17+,18-,19-,20+,21-,22-,23-,24+,25?,26-,27-/m1/s1. The Kier molecular flexibility index (Phi) is 12.7. The SMILES string of the molecule is NCC(O)CC[C@@H]1C[C@H](N)C(O[C@H]2O[C@H](CN)CC[C@H]2NCC2CC(N)C2)[C@H](O)[C@H]1O[C@H]1O[C@H](CO)[C@@H](O)[C@H](N)[C@H]1O. The highest BCUT2D eigenvalue weighted by atomic mass is 16.7. The number of aliphatic hydroxyl groups excluding tert-OH is 5. The van der Waals surface area contributed by atoms with E-state index in [9.17, 15) is 25.5 Å². The van der Waals surface area contributed by atoms with Gasteiger partial charge in [0.15, 0.2) is 12.6 Å². The molecule has 4 rings (SSSR count). The number of nitrogens with one attached hydrogen (secondary N) is 1. The maximum absolute atomic E-state index is 11.7. The summed E-state index contributed by atoms with van der Waals surface area (Å²) < 4.78 is 24.5. The molecule has 2 aliphatic carbocycles. The first-order chi connectivity index (χ1) is 20.1. The summed E-state index contributed by atoms with van der Waals surface area (Å²) in [5.41, 5.74) is 30.1. The molecule has 16 N–H and O–H groups in total. The first kappa shape index (κ1) is 34.3. The van der Waals surface area contributed by atoms with E-state index in [-0.39, 0.29) is 30.7 Å². The number of hydrogen-bond acceptors (Lipinski definition) is 15. The second-order valence-corrected chi connectivity index (χ2v) is 12.7. The number of aliphatic hydroxyl groups is 5. The highest BCUT2D eigenvalue weighted by molar-refractivity contribution is 5.00. The van der Waals surface area contributed by atoms with Gasteiger partial charge in [-0.1, -0.05) is 0 Å². The average Bonchev–Trinajstić information content (AvgIpc) is 2.97. The van der Waals surface area contributed by atoms with Gasteiger partial charge >= 0.3 is 0 Å². The molecule has 15 nitrogen and oxygen atoms in total. The number of hydrogen-bond donors (Lipinski definition) is 11. The van der Waals surface area contributed by atoms with Gasteiger partial charge in [0.1, 0.15) is 30.5 Å². The predicted octanol–water partition coefficient (Wildman–Crippen LogP) is -4.51. The van der Waals surface area contributed by atoms with Gasteiger partial charge in [0, 0.05) is 25.2 Å². The summed E-state index contributed by atoms with van der Waals surface area (Å²) in [7, 11) is 0. The van der Waals surface area contributed by atoms with Crippen molar-refractivity contribution in [3.63, 3.8) is 0 Å². The zero-order chi connectivity index (χ0) is 30.6. The topological polar surface area (TPSA) is 280 Å². The third kappa shape index (κ3) is 8.16. The molecule has 0 aromatic carbocycles. The molecule has 15 heteroatoms. The van der Waals surface area contributed by atoms with Crippen LogP contribution in [-0.4, -0.2) is 137 Å². The Morgan fingerprint density at radius 3 is 2.24 bits per heavy atom. The molecule has 246 valence electrons. The first-order valence-corrected chi connectivity index (χ1v) is 15.4. The zero-order valence-corrected chi connectivity index (χ0v) is 24.3. The molecule has 2 unspecified atom stereocenters. The molecule has 4 aliphatic rings. The van der Waals surface area contributed by atoms with E-state index in [4.69, 9.17) is 47.6 Å². The number of rotatable bonds is 13. The molecule has 2 aliphatic heterocycles. The van der Waals surface area contributed by atoms with Gasteiger partial charge < -0.3 is 78.5 Å². The van der Waals surface area contributed by atoms with Crippen molar-refractivity contribution in [3.8, 4) is 0 Å². The van der Waals surface area contributed by atoms with Crippen LogP contribution in [0.1, 0.15) is 44.9 Å². The maximum Gasteiger partial charge on any atom is 0.186 e. The quantitative estimate of drug-likeness (QED) is 0.0942. The second-order valence-electron chi connectivity index (χ2n) is 12.7. The number of nitrogens with two attached hydrogens (primary N) is 5. The van der Waals surface area contributed by atoms with Crippen LogP contribution >= 0.6 is 0 Å². The van der Waals surface area contributed by atoms with E-state index < -0.39 is 74.0 Å². The minimum atomic E-state index is -1.43. The van der Waals surface area contributed by atoms with E-state index in [0.29, 0.717) is 31.7 Å². The largest absolute Gasteiger partial charge is 0.394 e. The van der Waals surface area contributed by atoms with E-state index in [2.05, 4.69) is 5.32 Å². The van der Waals surface area contributed by atoms with Crippen molar-refractivity contribution < 1.29 is 44.5 Å². The lowest BCUT2D eigenvalue weighted by atomic mass is 9.77. The Morgan fingerprint density at radius 2 is 1.60 bits per heavy atom. The lowest BCUT2D eigenvalue weighted by Gasteiger charge is -2.49. The van der Waals surface area contributed by atoms with Crippen molar-refractivity contribution in [2.24, 2.45) is 40.5 Å². The molecule has 42 heavy (non-hydrogen) atoms. The Morgan fingerprint density at radius 1 is 0.881 bits per heavy atom. The molecule has 0 aromatic heterocycles. The molecule has 14 atom stereocenters. The fourth-order valence-corrected chi connectivity index (χ4v) is 6.68. The first-order valence-electron chi connectivity index (χ1n) is 15.4. The van der Waals surface area contributed by atoms with E-state index in [1.54, 1.807) is 0 Å². The van der Waals surface area contributed by atoms with Gasteiger partial charge in [0.2, 0.25) is 0 Å². The van der Waals surface area contributed by atoms with Gasteiger partial charge in [-0.3, -0.25) is 0 Å². The molecule has 2 saturated heterocycles. The summed E-state index contributed by atoms with van der Waals surface area (Å²) >= 11 is 0. The summed E-state index contributed by atoms with van der Waals surface area (Å²) in [4.78, 5) is 0. The van der Waals surface area contributed by atoms with Crippen LogP contribution in [0.25, 0.3) is 0 Å². The highest BCUT2D eigenvalue weighted by Gasteiger charge is 2.50. The summed E-state index contributed by atoms with van der Waals surface area (Å²) in [6.45, 7) is 0.645. The second kappa shape index (κ2) is 15.6. The molecular formula is C27H54N6O9. The van der Waals surface area contributed by atoms with Crippen LogP contribution in [0, 0.1) is 11.8 Å². The molecule has 0 amide bonds. The van der Waals surface area contributed by atoms with Crippen LogP contribution in [0.15, 0.2) is 0 Å². The van der Waals surface area contributed by atoms with Crippen molar-refractivity contribution in [1.82, 2.24) is 5.32 Å². The van der Waals surface area contributed by atoms with Crippen LogP contribution in [0.2, 0.25) is 0 Å². The normalized spacial score (nSPS) is 47.1. The van der Waals surface area contributed by atoms with Gasteiger partial charge in [-0.25, -0.2) is 0 Å². The van der Waals surface area contributed by atoms with Crippen molar-refractivity contribution in [2.45, 2.75) is 131 Å². The van der Waals surface area contributed by atoms with E-state index >= 15 is 0 Å². The Labute approximate surface area is 247 Å². The molecule has 0 aromatic rings. The van der Waals surface area contributed by atoms with Gasteiger partial charge in [-0.2, -0.15) is 0 Å². The smallest absolute Gasteiger partial charge is 0.186 e. The molecule has 2 saturated carbocycles. The molecular weight excluding hydrogens is 552 g/mol. The van der Waals surface area contributed by atoms with E-state index in [1.165, 1.54) is 0 Å². The highest BCUT2D eigenvalue weighted by Crippen LogP contribution is 2.36. The van der Waals surface area contributed by atoms with Crippen LogP contribution in [0.3, 0.4) is 0 Å². The third-order valence-corrected chi connectivity index (χ3v) is 9.46. The minimum Gasteiger partial charge on any atom is -0.394 e. The van der Waals surface area contributed by atoms with Gasteiger partial charge in [-0.15, -0.1) is 0 Å². The Bertz CT molecular complexity index is 814. The zero-order valence-electron chi connectivity index (χ0n) is 24.3. The van der Waals surface area contributed by atoms with Crippen LogP contribution in [0.4, 0.5) is 0 Å². The summed E-state index contributed by atoms with van der Waals surface area (Å²) in [5, 5.41) is 56.0. The summed E-state index contributed by atoms with van der Waals surface area (Å²) in [6, 6.07) is -1.64. The lowest BCUT2D eigenvalue weighted by Crippen LogP contribution is -2.66. The van der Waals surface area contributed by atoms with E-state index in [0.717, 1.165) is 32.2 Å². The molecule has 0 bridgehead atoms. The van der Waals surface area contributed by atoms with Crippen LogP contribution in [0.5, 0.6) is 0 Å². The van der Waals surface area contributed by atoms with Crippen molar-refractivity contribution >= 4 is 0 Å². The molecule has 4 fully saturated rings. The molecule has 0 radical (unpaired) electrons. The van der Waals surface area contributed by atoms with Crippen LogP contribution in [-0.2, 0) is 18.9 Å². The summed E-state index contributed by atoms with van der Waals surface area (Å²) in [5.74, 6) is 0.135. The Balaban J connectivity index is 1.49. The average molecular weight is 607 g/mol. The van der Waals surface area contributed by atoms with E-state index in [1.807, 2.05) is 0 Å². The lowest BCUT2D eigenvalue weighted by molar-refractivity contribution is -0.318. The minimum absolute atomic E-state index is 0.0798. The Hall–Kier alpha value is -0.600. The number of ether oxygens (including phenoxy) is 4. The van der Waals surface area contributed by atoms with Gasteiger partial charge in [0.25, 0.3) is 0 Å². The van der Waals surface area contributed by atoms with Gasteiger partial charge in [-0.05, 0) is 63.3 Å². The van der Waals surface area contributed by atoms with Gasteiger partial charge in [0.05, 0.1) is 37.0 Å². The molecule has 2 heterocycles. The summed E-state index contributed by atoms with van der Waals surface area (Å²) in [6.07, 6.45) is -5.33. The van der Waals surface area contributed by atoms with Crippen molar-refractivity contribution in [1.29, 1.82) is 0 Å². The maximum atomic E-state index is 11.7. The fourth-order valence-electron chi connectivity index (χ4n) is 6.68. The van der Waals surface area contributed by atoms with Crippen molar-refractivity contribution in [3.05, 3.63) is 0 Å².